The normalized spacial score (nSPS) is 20.9. The molecule has 1 fully saturated rings. The predicted molar refractivity (Wildman–Crippen MR) is 123 cm³/mol. The Labute approximate surface area is 197 Å². The maximum Gasteiger partial charge on any atom is 0.301 e. The molecule has 0 saturated carbocycles. The fourth-order valence-electron chi connectivity index (χ4n) is 4.23. The van der Waals surface area contributed by atoms with Crippen LogP contribution in [0.25, 0.3) is 5.76 Å². The number of hydrogen-bond acceptors (Lipinski definition) is 9. The summed E-state index contributed by atoms with van der Waals surface area (Å²) in [5.41, 5.74) is 1.41. The fraction of sp³-hybridized carbons (Fsp3) is 0.217. The van der Waals surface area contributed by atoms with Gasteiger partial charge >= 0.3 is 5.91 Å². The summed E-state index contributed by atoms with van der Waals surface area (Å²) in [6, 6.07) is 9.55. The third kappa shape index (κ3) is 3.50. The van der Waals surface area contributed by atoms with Crippen molar-refractivity contribution in [1.82, 2.24) is 10.2 Å². The first-order valence-electron chi connectivity index (χ1n) is 10.4. The van der Waals surface area contributed by atoms with Gasteiger partial charge in [0.15, 0.2) is 0 Å². The Kier molecular flexibility index (Phi) is 5.13. The number of Topliss-reactive ketones (excluding diaryl/α,β-unsaturated/α-hetero) is 1. The molecule has 1 aromatic heterocycles. The number of fused-ring (bicyclic) bond motifs is 1. The van der Waals surface area contributed by atoms with E-state index in [1.54, 1.807) is 25.1 Å². The van der Waals surface area contributed by atoms with Crippen molar-refractivity contribution in [2.75, 3.05) is 4.90 Å². The summed E-state index contributed by atoms with van der Waals surface area (Å²) in [5, 5.41) is 31.1. The first-order valence-corrected chi connectivity index (χ1v) is 11.2. The maximum absolute atomic E-state index is 13.2. The number of amides is 1. The molecule has 0 aliphatic carbocycles. The molecule has 2 aliphatic heterocycles. The van der Waals surface area contributed by atoms with Crippen LogP contribution in [0.3, 0.4) is 0 Å². The van der Waals surface area contributed by atoms with Crippen molar-refractivity contribution in [3.05, 3.63) is 79.8 Å². The van der Waals surface area contributed by atoms with Crippen LogP contribution in [0.5, 0.6) is 5.75 Å². The van der Waals surface area contributed by atoms with E-state index in [0.29, 0.717) is 28.3 Å². The predicted octanol–water partition coefficient (Wildman–Crippen LogP) is 3.70. The highest BCUT2D eigenvalue weighted by atomic mass is 32.1. The van der Waals surface area contributed by atoms with Gasteiger partial charge in [0.2, 0.25) is 5.13 Å². The quantitative estimate of drug-likeness (QED) is 0.197. The van der Waals surface area contributed by atoms with Gasteiger partial charge in [0.05, 0.1) is 16.5 Å². The van der Waals surface area contributed by atoms with E-state index in [2.05, 4.69) is 10.2 Å². The maximum atomic E-state index is 13.2. The van der Waals surface area contributed by atoms with Crippen LogP contribution in [0.4, 0.5) is 10.8 Å². The van der Waals surface area contributed by atoms with Crippen LogP contribution in [0.15, 0.2) is 48.0 Å². The minimum Gasteiger partial charge on any atom is -0.507 e. The molecule has 1 amide bonds. The number of rotatable bonds is 4. The number of non-ortho nitro benzene ring substituents is 1. The van der Waals surface area contributed by atoms with Gasteiger partial charge < -0.3 is 9.84 Å². The second kappa shape index (κ2) is 8.03. The molecule has 0 bridgehead atoms. The number of aromatic nitrogens is 2. The highest BCUT2D eigenvalue weighted by Crippen LogP contribution is 2.43. The molecule has 5 rings (SSSR count). The van der Waals surface area contributed by atoms with Gasteiger partial charge in [-0.3, -0.25) is 24.6 Å². The number of benzene rings is 2. The van der Waals surface area contributed by atoms with E-state index in [1.807, 2.05) is 6.92 Å². The Balaban J connectivity index is 1.67. The summed E-state index contributed by atoms with van der Waals surface area (Å²) in [6.45, 7) is 3.65. The molecule has 3 aromatic rings. The molecule has 34 heavy (non-hydrogen) atoms. The number of nitrogens with zero attached hydrogens (tertiary/aromatic N) is 4. The number of ether oxygens (including phenoxy) is 1. The average molecular weight is 478 g/mol. The number of hydrogen-bond donors (Lipinski definition) is 1. The molecule has 11 heteroatoms. The van der Waals surface area contributed by atoms with Crippen molar-refractivity contribution in [1.29, 1.82) is 0 Å². The molecule has 3 heterocycles. The van der Waals surface area contributed by atoms with Crippen LogP contribution in [-0.2, 0) is 16.0 Å². The first kappa shape index (κ1) is 21.7. The van der Waals surface area contributed by atoms with E-state index in [9.17, 15) is 24.8 Å². The fourth-order valence-corrected chi connectivity index (χ4v) is 4.95. The van der Waals surface area contributed by atoms with Gasteiger partial charge in [-0.25, -0.2) is 0 Å². The zero-order chi connectivity index (χ0) is 24.1. The van der Waals surface area contributed by atoms with Gasteiger partial charge in [-0.2, -0.15) is 0 Å². The second-order valence-corrected chi connectivity index (χ2v) is 9.24. The molecule has 1 saturated heterocycles. The largest absolute Gasteiger partial charge is 0.507 e. The van der Waals surface area contributed by atoms with Crippen molar-refractivity contribution >= 4 is 39.6 Å². The van der Waals surface area contributed by atoms with Gasteiger partial charge in [-0.05, 0) is 55.3 Å². The number of aryl methyl sites for hydroxylation is 1. The van der Waals surface area contributed by atoms with Gasteiger partial charge in [0.25, 0.3) is 11.5 Å². The standard InChI is InChI=1S/C23H18N4O6S/c1-11-9-15-10-14(5-8-17(15)33-11)20(28)18-19(13-3-6-16(7-4-13)27(31)32)26(22(30)21(18)29)23-25-24-12(2)34-23/h3-8,10-11,19,28H,9H2,1-2H3/t11-,19+/m1/s1. The molecule has 0 unspecified atom stereocenters. The van der Waals surface area contributed by atoms with Crippen LogP contribution in [0.1, 0.15) is 34.7 Å². The third-order valence-electron chi connectivity index (χ3n) is 5.75. The van der Waals surface area contributed by atoms with Crippen LogP contribution in [0, 0.1) is 17.0 Å². The second-order valence-electron chi connectivity index (χ2n) is 8.08. The Morgan fingerprint density at radius 1 is 1.21 bits per heavy atom. The van der Waals surface area contributed by atoms with Gasteiger partial charge in [0.1, 0.15) is 22.6 Å². The SMILES string of the molecule is Cc1nnc(N2C(=O)C(=O)C(=C(O)c3ccc4c(c3)C[C@@H](C)O4)[C@@H]2c2ccc([N+](=O)[O-])cc2)s1. The van der Waals surface area contributed by atoms with Crippen molar-refractivity contribution in [3.63, 3.8) is 0 Å². The van der Waals surface area contributed by atoms with Crippen molar-refractivity contribution < 1.29 is 24.4 Å². The number of nitro groups is 1. The molecule has 10 nitrogen and oxygen atoms in total. The Hall–Kier alpha value is -4.12. The summed E-state index contributed by atoms with van der Waals surface area (Å²) >= 11 is 1.12. The number of aliphatic hydroxyl groups excluding tert-OH is 1. The number of anilines is 1. The lowest BCUT2D eigenvalue weighted by Gasteiger charge is -2.22. The highest BCUT2D eigenvalue weighted by Gasteiger charge is 2.48. The highest BCUT2D eigenvalue weighted by molar-refractivity contribution is 7.15. The van der Waals surface area contributed by atoms with E-state index < -0.39 is 22.7 Å². The number of ketones is 1. The van der Waals surface area contributed by atoms with Crippen LogP contribution >= 0.6 is 11.3 Å². The van der Waals surface area contributed by atoms with E-state index in [0.717, 1.165) is 16.9 Å². The number of carbonyl (C=O) groups excluding carboxylic acids is 2. The Morgan fingerprint density at radius 3 is 2.59 bits per heavy atom. The molecular weight excluding hydrogens is 460 g/mol. The van der Waals surface area contributed by atoms with Crippen LogP contribution < -0.4 is 9.64 Å². The summed E-state index contributed by atoms with van der Waals surface area (Å²) in [5.74, 6) is -1.37. The van der Waals surface area contributed by atoms with E-state index in [1.165, 1.54) is 29.2 Å². The Bertz CT molecular complexity index is 1380. The minimum atomic E-state index is -1.03. The van der Waals surface area contributed by atoms with E-state index in [-0.39, 0.29) is 28.3 Å². The zero-order valence-electron chi connectivity index (χ0n) is 18.1. The molecule has 172 valence electrons. The van der Waals surface area contributed by atoms with Crippen molar-refractivity contribution in [3.8, 4) is 5.75 Å². The van der Waals surface area contributed by atoms with E-state index in [4.69, 9.17) is 4.74 Å². The van der Waals surface area contributed by atoms with Crippen molar-refractivity contribution in [2.24, 2.45) is 0 Å². The smallest absolute Gasteiger partial charge is 0.301 e. The molecule has 2 aliphatic rings. The van der Waals surface area contributed by atoms with Crippen molar-refractivity contribution in [2.45, 2.75) is 32.4 Å². The monoisotopic (exact) mass is 478 g/mol. The topological polar surface area (TPSA) is 136 Å². The van der Waals surface area contributed by atoms with Gasteiger partial charge in [0, 0.05) is 24.1 Å². The summed E-state index contributed by atoms with van der Waals surface area (Å²) < 4.78 is 5.71. The molecule has 2 aromatic carbocycles. The summed E-state index contributed by atoms with van der Waals surface area (Å²) in [7, 11) is 0. The van der Waals surface area contributed by atoms with Crippen LogP contribution in [-0.4, -0.2) is 38.0 Å². The minimum absolute atomic E-state index is 0.00118. The van der Waals surface area contributed by atoms with Crippen LogP contribution in [0.2, 0.25) is 0 Å². The molecule has 0 spiro atoms. The number of carbonyl (C=O) groups is 2. The number of aliphatic hydroxyl groups is 1. The number of nitro benzene ring substituents is 1. The molecule has 2 atom stereocenters. The molecular formula is C23H18N4O6S. The summed E-state index contributed by atoms with van der Waals surface area (Å²) in [4.78, 5) is 38.0. The lowest BCUT2D eigenvalue weighted by molar-refractivity contribution is -0.384. The Morgan fingerprint density at radius 2 is 1.94 bits per heavy atom. The lowest BCUT2D eigenvalue weighted by Crippen LogP contribution is -2.29. The molecule has 1 N–H and O–H groups in total. The summed E-state index contributed by atoms with van der Waals surface area (Å²) in [6.07, 6.45) is 0.652. The average Bonchev–Trinajstić information content (AvgIpc) is 3.48. The lowest BCUT2D eigenvalue weighted by atomic mass is 9.94. The molecule has 0 radical (unpaired) electrons. The first-order chi connectivity index (χ1) is 16.2. The van der Waals surface area contributed by atoms with E-state index >= 15 is 0 Å². The van der Waals surface area contributed by atoms with Gasteiger partial charge in [-0.15, -0.1) is 10.2 Å². The van der Waals surface area contributed by atoms with Gasteiger partial charge in [-0.1, -0.05) is 11.3 Å². The third-order valence-corrected chi connectivity index (χ3v) is 6.59. The zero-order valence-corrected chi connectivity index (χ0v) is 18.9.